The zero-order valence-electron chi connectivity index (χ0n) is 6.55. The standard InChI is InChI=1S/C9H5BrClNO/c10-4-8(13)9-6(5-12)2-1-3-7(9)11/h1-3H,4H2. The molecule has 0 aliphatic carbocycles. The molecule has 0 unspecified atom stereocenters. The number of hydrogen-bond donors (Lipinski definition) is 0. The average Bonchev–Trinajstić information content (AvgIpc) is 2.16. The molecular formula is C9H5BrClNO. The first-order valence-electron chi connectivity index (χ1n) is 3.48. The molecule has 0 heterocycles. The molecule has 66 valence electrons. The van der Waals surface area contributed by atoms with Gasteiger partial charge in [-0.2, -0.15) is 5.26 Å². The molecule has 1 rings (SSSR count). The Labute approximate surface area is 89.3 Å². The number of Topliss-reactive ketones (excluding diaryl/α,β-unsaturated/α-hetero) is 1. The zero-order chi connectivity index (χ0) is 9.84. The Morgan fingerprint density at radius 3 is 2.85 bits per heavy atom. The van der Waals surface area contributed by atoms with E-state index in [0.29, 0.717) is 16.1 Å². The van der Waals surface area contributed by atoms with Crippen LogP contribution >= 0.6 is 27.5 Å². The molecule has 0 radical (unpaired) electrons. The lowest BCUT2D eigenvalue weighted by Gasteiger charge is -2.02. The van der Waals surface area contributed by atoms with Crippen molar-refractivity contribution in [3.63, 3.8) is 0 Å². The summed E-state index contributed by atoms with van der Waals surface area (Å²) in [6.07, 6.45) is 0. The van der Waals surface area contributed by atoms with E-state index in [9.17, 15) is 4.79 Å². The molecule has 0 N–H and O–H groups in total. The lowest BCUT2D eigenvalue weighted by atomic mass is 10.1. The number of carbonyl (C=O) groups excluding carboxylic acids is 1. The minimum atomic E-state index is -0.179. The summed E-state index contributed by atoms with van der Waals surface area (Å²) in [7, 11) is 0. The van der Waals surface area contributed by atoms with Crippen LogP contribution in [0.2, 0.25) is 5.02 Å². The topological polar surface area (TPSA) is 40.9 Å². The monoisotopic (exact) mass is 257 g/mol. The highest BCUT2D eigenvalue weighted by molar-refractivity contribution is 9.09. The van der Waals surface area contributed by atoms with Crippen molar-refractivity contribution in [3.8, 4) is 6.07 Å². The number of benzene rings is 1. The Kier molecular flexibility index (Phi) is 3.47. The number of nitriles is 1. The Hall–Kier alpha value is -0.850. The summed E-state index contributed by atoms with van der Waals surface area (Å²) >= 11 is 8.82. The number of rotatable bonds is 2. The van der Waals surface area contributed by atoms with E-state index >= 15 is 0 Å². The van der Waals surface area contributed by atoms with Gasteiger partial charge in [0.1, 0.15) is 0 Å². The predicted octanol–water partition coefficient (Wildman–Crippen LogP) is 2.79. The van der Waals surface area contributed by atoms with E-state index < -0.39 is 0 Å². The van der Waals surface area contributed by atoms with Crippen molar-refractivity contribution in [2.75, 3.05) is 5.33 Å². The van der Waals surface area contributed by atoms with Crippen LogP contribution in [0.4, 0.5) is 0 Å². The fourth-order valence-corrected chi connectivity index (χ4v) is 1.53. The zero-order valence-corrected chi connectivity index (χ0v) is 8.89. The van der Waals surface area contributed by atoms with Gasteiger partial charge in [-0.15, -0.1) is 0 Å². The largest absolute Gasteiger partial charge is 0.293 e. The number of carbonyl (C=O) groups is 1. The smallest absolute Gasteiger partial charge is 0.176 e. The summed E-state index contributed by atoms with van der Waals surface area (Å²) in [4.78, 5) is 11.3. The van der Waals surface area contributed by atoms with Crippen molar-refractivity contribution in [2.45, 2.75) is 0 Å². The normalized spacial score (nSPS) is 9.31. The summed E-state index contributed by atoms with van der Waals surface area (Å²) in [6, 6.07) is 6.74. The van der Waals surface area contributed by atoms with Gasteiger partial charge in [-0.3, -0.25) is 4.79 Å². The van der Waals surface area contributed by atoms with Crippen molar-refractivity contribution < 1.29 is 4.79 Å². The van der Waals surface area contributed by atoms with Gasteiger partial charge in [0.25, 0.3) is 0 Å². The average molecular weight is 259 g/mol. The molecule has 4 heteroatoms. The maximum Gasteiger partial charge on any atom is 0.176 e. The highest BCUT2D eigenvalue weighted by Crippen LogP contribution is 2.20. The molecule has 0 bridgehead atoms. The van der Waals surface area contributed by atoms with E-state index in [0.717, 1.165) is 0 Å². The SMILES string of the molecule is N#Cc1cccc(Cl)c1C(=O)CBr. The first kappa shape index (κ1) is 10.2. The summed E-state index contributed by atoms with van der Waals surface area (Å²) in [6.45, 7) is 0. The van der Waals surface area contributed by atoms with E-state index in [-0.39, 0.29) is 11.1 Å². The molecule has 0 aliphatic rings. The predicted molar refractivity (Wildman–Crippen MR) is 54.3 cm³/mol. The fourth-order valence-electron chi connectivity index (χ4n) is 0.968. The van der Waals surface area contributed by atoms with Crippen LogP contribution in [-0.4, -0.2) is 11.1 Å². The summed E-state index contributed by atoms with van der Waals surface area (Å²) in [5.41, 5.74) is 0.612. The number of nitrogens with zero attached hydrogens (tertiary/aromatic N) is 1. The van der Waals surface area contributed by atoms with E-state index in [4.69, 9.17) is 16.9 Å². The second-order valence-electron chi connectivity index (χ2n) is 2.33. The second kappa shape index (κ2) is 4.40. The molecule has 0 fully saturated rings. The Bertz CT molecular complexity index is 384. The van der Waals surface area contributed by atoms with Crippen molar-refractivity contribution in [2.24, 2.45) is 0 Å². The van der Waals surface area contributed by atoms with Gasteiger partial charge in [0, 0.05) is 0 Å². The number of halogens is 2. The molecule has 0 amide bonds. The molecule has 1 aromatic rings. The van der Waals surface area contributed by atoms with E-state index in [2.05, 4.69) is 15.9 Å². The third-order valence-corrected chi connectivity index (χ3v) is 2.36. The minimum Gasteiger partial charge on any atom is -0.293 e. The number of hydrogen-bond acceptors (Lipinski definition) is 2. The van der Waals surface area contributed by atoms with E-state index in [1.165, 1.54) is 0 Å². The lowest BCUT2D eigenvalue weighted by Crippen LogP contribution is -2.03. The van der Waals surface area contributed by atoms with Crippen LogP contribution < -0.4 is 0 Å². The lowest BCUT2D eigenvalue weighted by molar-refractivity contribution is 0.102. The Balaban J connectivity index is 3.33. The molecule has 1 aromatic carbocycles. The van der Waals surface area contributed by atoms with Gasteiger partial charge in [0.05, 0.1) is 27.5 Å². The van der Waals surface area contributed by atoms with Gasteiger partial charge < -0.3 is 0 Å². The molecule has 2 nitrogen and oxygen atoms in total. The van der Waals surface area contributed by atoms with Crippen molar-refractivity contribution >= 4 is 33.3 Å². The highest BCUT2D eigenvalue weighted by Gasteiger charge is 2.13. The van der Waals surface area contributed by atoms with Gasteiger partial charge in [0.15, 0.2) is 5.78 Å². The molecule has 0 aliphatic heterocycles. The van der Waals surface area contributed by atoms with Crippen LogP contribution in [0, 0.1) is 11.3 Å². The van der Waals surface area contributed by atoms with Crippen LogP contribution in [-0.2, 0) is 0 Å². The quantitative estimate of drug-likeness (QED) is 0.604. The highest BCUT2D eigenvalue weighted by atomic mass is 79.9. The van der Waals surface area contributed by atoms with Gasteiger partial charge in [-0.05, 0) is 12.1 Å². The van der Waals surface area contributed by atoms with E-state index in [1.54, 1.807) is 18.2 Å². The Morgan fingerprint density at radius 2 is 2.31 bits per heavy atom. The fraction of sp³-hybridized carbons (Fsp3) is 0.111. The molecular weight excluding hydrogens is 253 g/mol. The maximum atomic E-state index is 11.3. The van der Waals surface area contributed by atoms with Crippen LogP contribution in [0.1, 0.15) is 15.9 Å². The van der Waals surface area contributed by atoms with Crippen LogP contribution in [0.3, 0.4) is 0 Å². The van der Waals surface area contributed by atoms with Crippen LogP contribution in [0.5, 0.6) is 0 Å². The molecule has 0 aromatic heterocycles. The Morgan fingerprint density at radius 1 is 1.62 bits per heavy atom. The maximum absolute atomic E-state index is 11.3. The van der Waals surface area contributed by atoms with Gasteiger partial charge >= 0.3 is 0 Å². The second-order valence-corrected chi connectivity index (χ2v) is 3.30. The first-order chi connectivity index (χ1) is 6.20. The third-order valence-electron chi connectivity index (χ3n) is 1.53. The van der Waals surface area contributed by atoms with Gasteiger partial charge in [0.2, 0.25) is 0 Å². The van der Waals surface area contributed by atoms with Gasteiger partial charge in [-0.1, -0.05) is 33.6 Å². The van der Waals surface area contributed by atoms with Crippen LogP contribution in [0.25, 0.3) is 0 Å². The summed E-state index contributed by atoms with van der Waals surface area (Å²) in [5.74, 6) is -0.179. The van der Waals surface area contributed by atoms with Gasteiger partial charge in [-0.25, -0.2) is 0 Å². The summed E-state index contributed by atoms with van der Waals surface area (Å²) < 4.78 is 0. The van der Waals surface area contributed by atoms with Crippen LogP contribution in [0.15, 0.2) is 18.2 Å². The van der Waals surface area contributed by atoms with Crippen molar-refractivity contribution in [1.82, 2.24) is 0 Å². The molecule has 0 saturated carbocycles. The van der Waals surface area contributed by atoms with Crippen molar-refractivity contribution in [3.05, 3.63) is 34.3 Å². The minimum absolute atomic E-state index is 0.172. The molecule has 0 saturated heterocycles. The molecule has 0 atom stereocenters. The third kappa shape index (κ3) is 2.09. The van der Waals surface area contributed by atoms with E-state index in [1.807, 2.05) is 6.07 Å². The number of ketones is 1. The molecule has 13 heavy (non-hydrogen) atoms. The number of alkyl halides is 1. The van der Waals surface area contributed by atoms with Crippen molar-refractivity contribution in [1.29, 1.82) is 5.26 Å². The molecule has 0 spiro atoms. The first-order valence-corrected chi connectivity index (χ1v) is 4.98. The summed E-state index contributed by atoms with van der Waals surface area (Å²) in [5, 5.41) is 9.21.